The number of hydrogen-bond donors (Lipinski definition) is 10. The fourth-order valence-corrected chi connectivity index (χ4v) is 2.57. The maximum absolute atomic E-state index is 12.7. The summed E-state index contributed by atoms with van der Waals surface area (Å²) in [6, 6.07) is -5.80. The molecule has 3 amide bonds. The van der Waals surface area contributed by atoms with Crippen molar-refractivity contribution in [2.75, 3.05) is 13.2 Å². The van der Waals surface area contributed by atoms with Gasteiger partial charge in [-0.25, -0.2) is 4.79 Å². The highest BCUT2D eigenvalue weighted by molar-refractivity contribution is 5.94. The van der Waals surface area contributed by atoms with Crippen molar-refractivity contribution in [3.63, 3.8) is 0 Å². The molecule has 0 aliphatic rings. The molecule has 34 heavy (non-hydrogen) atoms. The van der Waals surface area contributed by atoms with Crippen LogP contribution in [0.5, 0.6) is 0 Å². The molecule has 5 atom stereocenters. The Hall–Kier alpha value is -3.50. The van der Waals surface area contributed by atoms with Crippen LogP contribution < -0.4 is 33.2 Å². The van der Waals surface area contributed by atoms with E-state index in [1.54, 1.807) is 0 Å². The minimum absolute atomic E-state index is 0.0226. The Labute approximate surface area is 194 Å². The summed E-state index contributed by atoms with van der Waals surface area (Å²) in [5.41, 5.74) is 16.1. The van der Waals surface area contributed by atoms with E-state index < -0.39 is 66.5 Å². The molecule has 5 unspecified atom stereocenters. The number of amides is 3. The molecule has 0 aromatic rings. The van der Waals surface area contributed by atoms with Crippen LogP contribution in [-0.2, 0) is 24.0 Å². The third kappa shape index (κ3) is 11.9. The first kappa shape index (κ1) is 30.5. The van der Waals surface area contributed by atoms with Crippen LogP contribution in [-0.4, -0.2) is 99.5 Å². The number of guanidine groups is 1. The standard InChI is InChI=1S/C18H33N7O9/c1-8(27)13(17(33)34)25-16(32)11(7-26)24-15(31)10(3-2-6-22-18(20)21)23-14(30)9(19)4-5-12(28)29/h8-11,13,26-27H,2-7,19H2,1H3,(H,23,30)(H,24,31)(H,25,32)(H,28,29)(H,33,34)(H4,20,21,22). The number of aliphatic carboxylic acids is 2. The largest absolute Gasteiger partial charge is 0.481 e. The lowest BCUT2D eigenvalue weighted by atomic mass is 10.1. The number of carboxylic acid groups (broad SMARTS) is 2. The zero-order valence-corrected chi connectivity index (χ0v) is 18.6. The normalized spacial score (nSPS) is 15.1. The maximum Gasteiger partial charge on any atom is 0.328 e. The van der Waals surface area contributed by atoms with Crippen molar-refractivity contribution in [3.8, 4) is 0 Å². The molecule has 0 aromatic heterocycles. The van der Waals surface area contributed by atoms with Crippen LogP contribution in [0.3, 0.4) is 0 Å². The molecular formula is C18H33N7O9. The van der Waals surface area contributed by atoms with Gasteiger partial charge in [-0.2, -0.15) is 0 Å². The van der Waals surface area contributed by atoms with Crippen LogP contribution in [0.4, 0.5) is 0 Å². The SMILES string of the molecule is CC(O)C(NC(=O)C(CO)NC(=O)C(CCCN=C(N)N)NC(=O)C(N)CCC(=O)O)C(=O)O. The van der Waals surface area contributed by atoms with E-state index >= 15 is 0 Å². The van der Waals surface area contributed by atoms with E-state index in [1.807, 2.05) is 5.32 Å². The van der Waals surface area contributed by atoms with Gasteiger partial charge in [0.1, 0.15) is 12.1 Å². The molecule has 0 radical (unpaired) electrons. The van der Waals surface area contributed by atoms with Gasteiger partial charge < -0.3 is 53.6 Å². The molecule has 0 aliphatic heterocycles. The molecule has 0 rings (SSSR count). The summed E-state index contributed by atoms with van der Waals surface area (Å²) >= 11 is 0. The number of aliphatic hydroxyl groups is 2. The number of nitrogens with two attached hydrogens (primary N) is 3. The van der Waals surface area contributed by atoms with Gasteiger partial charge in [-0.15, -0.1) is 0 Å². The minimum atomic E-state index is -1.69. The van der Waals surface area contributed by atoms with Gasteiger partial charge in [-0.05, 0) is 26.2 Å². The van der Waals surface area contributed by atoms with Gasteiger partial charge in [0.05, 0.1) is 18.8 Å². The zero-order valence-electron chi connectivity index (χ0n) is 18.6. The van der Waals surface area contributed by atoms with E-state index in [-0.39, 0.29) is 38.2 Å². The minimum Gasteiger partial charge on any atom is -0.481 e. The second-order valence-corrected chi connectivity index (χ2v) is 7.36. The summed E-state index contributed by atoms with van der Waals surface area (Å²) in [7, 11) is 0. The molecule has 0 saturated carbocycles. The number of rotatable bonds is 16. The van der Waals surface area contributed by atoms with Crippen molar-refractivity contribution in [3.05, 3.63) is 0 Å². The summed E-state index contributed by atoms with van der Waals surface area (Å²) in [5, 5.41) is 43.3. The van der Waals surface area contributed by atoms with Gasteiger partial charge >= 0.3 is 11.9 Å². The van der Waals surface area contributed by atoms with Gasteiger partial charge in [0, 0.05) is 13.0 Å². The predicted octanol–water partition coefficient (Wildman–Crippen LogP) is -4.86. The number of carboxylic acids is 2. The first-order valence-corrected chi connectivity index (χ1v) is 10.3. The third-order valence-corrected chi connectivity index (χ3v) is 4.45. The topological polar surface area (TPSA) is 293 Å². The number of nitrogens with one attached hydrogen (secondary N) is 3. The monoisotopic (exact) mass is 491 g/mol. The average Bonchev–Trinajstić information content (AvgIpc) is 2.74. The molecule has 16 nitrogen and oxygen atoms in total. The number of aliphatic imine (C=N–C) groups is 1. The Kier molecular flexibility index (Phi) is 13.8. The van der Waals surface area contributed by atoms with Gasteiger partial charge in [-0.3, -0.25) is 24.2 Å². The zero-order chi connectivity index (χ0) is 26.4. The summed E-state index contributed by atoms with van der Waals surface area (Å²) in [5.74, 6) is -5.72. The molecule has 0 saturated heterocycles. The lowest BCUT2D eigenvalue weighted by Gasteiger charge is -2.24. The highest BCUT2D eigenvalue weighted by Gasteiger charge is 2.31. The van der Waals surface area contributed by atoms with Crippen molar-refractivity contribution < 1.29 is 44.4 Å². The molecular weight excluding hydrogens is 458 g/mol. The number of nitrogens with zero attached hydrogens (tertiary/aromatic N) is 1. The highest BCUT2D eigenvalue weighted by Crippen LogP contribution is 2.03. The lowest BCUT2D eigenvalue weighted by Crippen LogP contribution is -2.59. The Bertz CT molecular complexity index is 756. The molecule has 0 aliphatic carbocycles. The van der Waals surface area contributed by atoms with E-state index in [1.165, 1.54) is 0 Å². The first-order valence-electron chi connectivity index (χ1n) is 10.3. The predicted molar refractivity (Wildman–Crippen MR) is 117 cm³/mol. The van der Waals surface area contributed by atoms with Gasteiger partial charge in [0.2, 0.25) is 17.7 Å². The Morgan fingerprint density at radius 3 is 1.94 bits per heavy atom. The molecule has 0 aromatic carbocycles. The average molecular weight is 492 g/mol. The van der Waals surface area contributed by atoms with Crippen LogP contribution in [0, 0.1) is 0 Å². The summed E-state index contributed by atoms with van der Waals surface area (Å²) in [6.07, 6.45) is -1.85. The van der Waals surface area contributed by atoms with Crippen molar-refractivity contribution >= 4 is 35.6 Å². The second kappa shape index (κ2) is 15.4. The van der Waals surface area contributed by atoms with Crippen molar-refractivity contribution in [2.24, 2.45) is 22.2 Å². The number of aliphatic hydroxyl groups excluding tert-OH is 2. The second-order valence-electron chi connectivity index (χ2n) is 7.36. The van der Waals surface area contributed by atoms with Gasteiger partial charge in [0.15, 0.2) is 12.0 Å². The van der Waals surface area contributed by atoms with E-state index in [0.717, 1.165) is 6.92 Å². The van der Waals surface area contributed by atoms with E-state index in [2.05, 4.69) is 15.6 Å². The highest BCUT2D eigenvalue weighted by atomic mass is 16.4. The number of hydrogen-bond acceptors (Lipinski definition) is 9. The number of carbonyl (C=O) groups excluding carboxylic acids is 3. The quantitative estimate of drug-likeness (QED) is 0.0552. The summed E-state index contributed by atoms with van der Waals surface area (Å²) in [4.78, 5) is 62.9. The van der Waals surface area contributed by atoms with Crippen molar-refractivity contribution in [2.45, 2.75) is 62.9 Å². The van der Waals surface area contributed by atoms with E-state index in [4.69, 9.17) is 27.4 Å². The van der Waals surface area contributed by atoms with Crippen LogP contribution in [0.1, 0.15) is 32.6 Å². The Morgan fingerprint density at radius 2 is 1.47 bits per heavy atom. The molecule has 0 bridgehead atoms. The van der Waals surface area contributed by atoms with Gasteiger partial charge in [0.25, 0.3) is 0 Å². The fraction of sp³-hybridized carbons (Fsp3) is 0.667. The first-order chi connectivity index (χ1) is 15.8. The van der Waals surface area contributed by atoms with Crippen molar-refractivity contribution in [1.29, 1.82) is 0 Å². The molecule has 16 heteroatoms. The van der Waals surface area contributed by atoms with Crippen LogP contribution in [0.25, 0.3) is 0 Å². The van der Waals surface area contributed by atoms with E-state index in [0.29, 0.717) is 0 Å². The Balaban J connectivity index is 5.35. The molecule has 194 valence electrons. The van der Waals surface area contributed by atoms with E-state index in [9.17, 15) is 34.2 Å². The summed E-state index contributed by atoms with van der Waals surface area (Å²) in [6.45, 7) is 0.309. The van der Waals surface area contributed by atoms with Crippen LogP contribution in [0.2, 0.25) is 0 Å². The smallest absolute Gasteiger partial charge is 0.328 e. The molecule has 0 heterocycles. The third-order valence-electron chi connectivity index (χ3n) is 4.45. The van der Waals surface area contributed by atoms with Crippen molar-refractivity contribution in [1.82, 2.24) is 16.0 Å². The maximum atomic E-state index is 12.7. The van der Waals surface area contributed by atoms with Crippen LogP contribution >= 0.6 is 0 Å². The fourth-order valence-electron chi connectivity index (χ4n) is 2.57. The Morgan fingerprint density at radius 1 is 0.912 bits per heavy atom. The van der Waals surface area contributed by atoms with Gasteiger partial charge in [-0.1, -0.05) is 0 Å². The van der Waals surface area contributed by atoms with Crippen LogP contribution in [0.15, 0.2) is 4.99 Å². The molecule has 0 fully saturated rings. The number of carbonyl (C=O) groups is 5. The molecule has 13 N–H and O–H groups in total. The summed E-state index contributed by atoms with van der Waals surface area (Å²) < 4.78 is 0. The lowest BCUT2D eigenvalue weighted by molar-refractivity contribution is -0.145. The molecule has 0 spiro atoms.